The van der Waals surface area contributed by atoms with Crippen LogP contribution >= 0.6 is 0 Å². The monoisotopic (exact) mass is 221 g/mol. The molecule has 2 aromatic heterocycles. The Morgan fingerprint density at radius 1 is 1.25 bits per heavy atom. The molecule has 0 bridgehead atoms. The molecule has 7 nitrogen and oxygen atoms in total. The van der Waals surface area contributed by atoms with Gasteiger partial charge in [-0.15, -0.1) is 5.10 Å². The zero-order valence-corrected chi connectivity index (χ0v) is 9.21. The smallest absolute Gasteiger partial charge is 0.319 e. The van der Waals surface area contributed by atoms with Gasteiger partial charge in [-0.3, -0.25) is 4.68 Å². The van der Waals surface area contributed by atoms with Crippen molar-refractivity contribution in [3.05, 3.63) is 12.4 Å². The van der Waals surface area contributed by atoms with Gasteiger partial charge in [0.05, 0.1) is 26.0 Å². The van der Waals surface area contributed by atoms with E-state index in [2.05, 4.69) is 20.3 Å². The summed E-state index contributed by atoms with van der Waals surface area (Å²) in [5.74, 6) is 0.410. The van der Waals surface area contributed by atoms with E-state index >= 15 is 0 Å². The molecule has 0 radical (unpaired) electrons. The molecule has 0 fully saturated rings. The minimum Gasteiger partial charge on any atom is -0.480 e. The third-order valence-electron chi connectivity index (χ3n) is 1.99. The van der Waals surface area contributed by atoms with Crippen LogP contribution in [-0.4, -0.2) is 39.2 Å². The van der Waals surface area contributed by atoms with Crippen LogP contribution in [0.5, 0.6) is 11.9 Å². The van der Waals surface area contributed by atoms with Crippen LogP contribution in [0.2, 0.25) is 0 Å². The Morgan fingerprint density at radius 2 is 2.06 bits per heavy atom. The van der Waals surface area contributed by atoms with Crippen molar-refractivity contribution in [2.75, 3.05) is 14.2 Å². The lowest BCUT2D eigenvalue weighted by molar-refractivity contribution is 0.353. The van der Waals surface area contributed by atoms with Crippen LogP contribution in [0.1, 0.15) is 0 Å². The molecule has 0 aliphatic rings. The predicted molar refractivity (Wildman–Crippen MR) is 55.1 cm³/mol. The second kappa shape index (κ2) is 4.13. The predicted octanol–water partition coefficient (Wildman–Crippen LogP) is 0.289. The first-order valence-corrected chi connectivity index (χ1v) is 4.56. The summed E-state index contributed by atoms with van der Waals surface area (Å²) in [6.45, 7) is 0. The number of hydrogen-bond donors (Lipinski definition) is 0. The molecule has 2 rings (SSSR count). The highest BCUT2D eigenvalue weighted by molar-refractivity contribution is 5.62. The largest absolute Gasteiger partial charge is 0.480 e. The van der Waals surface area contributed by atoms with Crippen molar-refractivity contribution >= 4 is 0 Å². The van der Waals surface area contributed by atoms with Crippen LogP contribution < -0.4 is 9.47 Å². The first-order valence-electron chi connectivity index (χ1n) is 4.56. The van der Waals surface area contributed by atoms with Gasteiger partial charge in [-0.25, -0.2) is 4.98 Å². The van der Waals surface area contributed by atoms with E-state index in [-0.39, 0.29) is 6.01 Å². The maximum atomic E-state index is 5.14. The van der Waals surface area contributed by atoms with Crippen LogP contribution in [0.3, 0.4) is 0 Å². The highest BCUT2D eigenvalue weighted by Gasteiger charge is 2.12. The van der Waals surface area contributed by atoms with E-state index in [9.17, 15) is 0 Å². The molecule has 7 heteroatoms. The number of ether oxygens (including phenoxy) is 2. The zero-order valence-electron chi connectivity index (χ0n) is 9.21. The molecule has 0 amide bonds. The highest BCUT2D eigenvalue weighted by Crippen LogP contribution is 2.26. The van der Waals surface area contributed by atoms with Gasteiger partial charge in [-0.2, -0.15) is 4.98 Å². The molecular weight excluding hydrogens is 210 g/mol. The Hall–Kier alpha value is -2.18. The third-order valence-corrected chi connectivity index (χ3v) is 1.99. The van der Waals surface area contributed by atoms with Crippen molar-refractivity contribution in [2.24, 2.45) is 7.05 Å². The minimum absolute atomic E-state index is 0.254. The summed E-state index contributed by atoms with van der Waals surface area (Å²) < 4.78 is 11.6. The minimum atomic E-state index is 0.254. The Balaban J connectivity index is 2.48. The molecule has 0 aliphatic carbocycles. The number of rotatable bonds is 3. The van der Waals surface area contributed by atoms with Crippen molar-refractivity contribution < 1.29 is 9.47 Å². The Morgan fingerprint density at radius 3 is 2.62 bits per heavy atom. The van der Waals surface area contributed by atoms with Crippen molar-refractivity contribution in [3.8, 4) is 23.1 Å². The second-order valence-electron chi connectivity index (χ2n) is 3.06. The second-order valence-corrected chi connectivity index (χ2v) is 3.06. The summed E-state index contributed by atoms with van der Waals surface area (Å²) >= 11 is 0. The molecule has 2 heterocycles. The van der Waals surface area contributed by atoms with Crippen molar-refractivity contribution in [3.63, 3.8) is 0 Å². The Labute approximate surface area is 92.0 Å². The van der Waals surface area contributed by atoms with Crippen LogP contribution in [0.4, 0.5) is 0 Å². The number of aromatic nitrogens is 5. The van der Waals surface area contributed by atoms with Gasteiger partial charge in [0.15, 0.2) is 0 Å². The van der Waals surface area contributed by atoms with E-state index in [4.69, 9.17) is 9.47 Å². The van der Waals surface area contributed by atoms with Gasteiger partial charge in [0, 0.05) is 13.2 Å². The molecule has 0 aliphatic heterocycles. The lowest BCUT2D eigenvalue weighted by Gasteiger charge is -2.05. The van der Waals surface area contributed by atoms with E-state index in [1.54, 1.807) is 24.1 Å². The summed E-state index contributed by atoms with van der Waals surface area (Å²) in [5.41, 5.74) is 1.33. The average Bonchev–Trinajstić information content (AvgIpc) is 2.74. The maximum Gasteiger partial charge on any atom is 0.319 e. The summed E-state index contributed by atoms with van der Waals surface area (Å²) in [6.07, 6.45) is 3.35. The highest BCUT2D eigenvalue weighted by atomic mass is 16.5. The van der Waals surface area contributed by atoms with Crippen molar-refractivity contribution in [1.82, 2.24) is 25.0 Å². The van der Waals surface area contributed by atoms with E-state index < -0.39 is 0 Å². The van der Waals surface area contributed by atoms with Crippen molar-refractivity contribution in [2.45, 2.75) is 0 Å². The molecule has 0 N–H and O–H groups in total. The van der Waals surface area contributed by atoms with E-state index in [0.717, 1.165) is 0 Å². The topological polar surface area (TPSA) is 75.0 Å². The summed E-state index contributed by atoms with van der Waals surface area (Å²) in [5, 5.41) is 7.80. The molecule has 0 spiro atoms. The summed E-state index contributed by atoms with van der Waals surface area (Å²) in [4.78, 5) is 8.06. The summed E-state index contributed by atoms with van der Waals surface area (Å²) in [7, 11) is 4.81. The third kappa shape index (κ3) is 1.79. The number of aryl methyl sites for hydroxylation is 1. The molecule has 0 aromatic carbocycles. The molecule has 2 aromatic rings. The molecule has 0 saturated carbocycles. The first-order chi connectivity index (χ1) is 7.74. The molecular formula is C9H11N5O2. The summed E-state index contributed by atoms with van der Waals surface area (Å²) in [6, 6.07) is 0.254. The van der Waals surface area contributed by atoms with Gasteiger partial charge in [0.2, 0.25) is 5.88 Å². The van der Waals surface area contributed by atoms with Crippen molar-refractivity contribution in [1.29, 1.82) is 0 Å². The van der Waals surface area contributed by atoms with Crippen LogP contribution in [0.25, 0.3) is 11.3 Å². The van der Waals surface area contributed by atoms with Gasteiger partial charge >= 0.3 is 6.01 Å². The lowest BCUT2D eigenvalue weighted by Crippen LogP contribution is -1.97. The lowest BCUT2D eigenvalue weighted by atomic mass is 10.2. The Bertz CT molecular complexity index is 496. The quantitative estimate of drug-likeness (QED) is 0.741. The molecule has 0 unspecified atom stereocenters. The fourth-order valence-electron chi connectivity index (χ4n) is 1.25. The van der Waals surface area contributed by atoms with E-state index in [1.807, 2.05) is 0 Å². The first kappa shape index (κ1) is 10.3. The molecule has 16 heavy (non-hydrogen) atoms. The average molecular weight is 221 g/mol. The van der Waals surface area contributed by atoms with E-state index in [0.29, 0.717) is 17.1 Å². The molecule has 84 valence electrons. The number of methoxy groups -OCH3 is 2. The number of hydrogen-bond acceptors (Lipinski definition) is 6. The van der Waals surface area contributed by atoms with Gasteiger partial charge < -0.3 is 9.47 Å². The number of nitrogens with zero attached hydrogens (tertiary/aromatic N) is 5. The fraction of sp³-hybridized carbons (Fsp3) is 0.333. The van der Waals surface area contributed by atoms with Crippen LogP contribution in [0, 0.1) is 0 Å². The SMILES string of the molecule is COc1ncc(-c2cn(C)nn2)c(OC)n1. The zero-order chi connectivity index (χ0) is 11.5. The fourth-order valence-corrected chi connectivity index (χ4v) is 1.25. The van der Waals surface area contributed by atoms with Gasteiger partial charge in [0.25, 0.3) is 0 Å². The van der Waals surface area contributed by atoms with Crippen LogP contribution in [0.15, 0.2) is 12.4 Å². The van der Waals surface area contributed by atoms with Crippen LogP contribution in [-0.2, 0) is 7.05 Å². The van der Waals surface area contributed by atoms with Gasteiger partial charge in [0.1, 0.15) is 5.69 Å². The molecule has 0 atom stereocenters. The van der Waals surface area contributed by atoms with Gasteiger partial charge in [-0.05, 0) is 0 Å². The Kier molecular flexibility index (Phi) is 2.67. The normalized spacial score (nSPS) is 10.2. The van der Waals surface area contributed by atoms with Gasteiger partial charge in [-0.1, -0.05) is 5.21 Å². The molecule has 0 saturated heterocycles. The standard InChI is InChI=1S/C9H11N5O2/c1-14-5-7(12-13-14)6-4-10-9(16-3)11-8(6)15-2/h4-5H,1-3H3. The maximum absolute atomic E-state index is 5.14. The van der Waals surface area contributed by atoms with E-state index in [1.165, 1.54) is 14.2 Å².